The first-order chi connectivity index (χ1) is 8.15. The quantitative estimate of drug-likeness (QED) is 0.465. The van der Waals surface area contributed by atoms with Gasteiger partial charge in [0.2, 0.25) is 11.8 Å². The summed E-state index contributed by atoms with van der Waals surface area (Å²) in [6.07, 6.45) is 0. The van der Waals surface area contributed by atoms with Crippen LogP contribution in [0.2, 0.25) is 0 Å². The van der Waals surface area contributed by atoms with E-state index in [-0.39, 0.29) is 11.6 Å². The third-order valence-corrected chi connectivity index (χ3v) is 1.96. The summed E-state index contributed by atoms with van der Waals surface area (Å²) in [5.41, 5.74) is -0.0375. The predicted octanol–water partition coefficient (Wildman–Crippen LogP) is 2.92. The van der Waals surface area contributed by atoms with Crippen LogP contribution in [-0.2, 0) is 0 Å². The van der Waals surface area contributed by atoms with Gasteiger partial charge in [0.05, 0.1) is 4.92 Å². The van der Waals surface area contributed by atoms with Gasteiger partial charge in [-0.15, -0.1) is 0 Å². The van der Waals surface area contributed by atoms with E-state index in [1.807, 2.05) is 0 Å². The van der Waals surface area contributed by atoms with Crippen molar-refractivity contribution in [1.29, 1.82) is 0 Å². The molecule has 0 N–H and O–H groups in total. The molecule has 17 heavy (non-hydrogen) atoms. The van der Waals surface area contributed by atoms with Gasteiger partial charge in [-0.2, -0.15) is 9.37 Å². The van der Waals surface area contributed by atoms with Crippen LogP contribution in [0.4, 0.5) is 10.1 Å². The van der Waals surface area contributed by atoms with Crippen LogP contribution in [0.3, 0.4) is 0 Å². The molecule has 0 amide bonds. The Morgan fingerprint density at radius 3 is 2.47 bits per heavy atom. The summed E-state index contributed by atoms with van der Waals surface area (Å²) in [4.78, 5) is 13.4. The first-order valence-electron chi connectivity index (χ1n) is 4.70. The molecular formula is C11H7FN2O3. The number of benzene rings is 1. The van der Waals surface area contributed by atoms with Gasteiger partial charge in [0.15, 0.2) is 0 Å². The van der Waals surface area contributed by atoms with Crippen molar-refractivity contribution in [1.82, 2.24) is 4.98 Å². The summed E-state index contributed by atoms with van der Waals surface area (Å²) in [5.74, 6) is -0.197. The lowest BCUT2D eigenvalue weighted by Gasteiger charge is -2.03. The molecule has 0 spiro atoms. The SMILES string of the molecule is O=[N+]([O-])c1ccc(Oc2cccc(F)n2)cc1. The van der Waals surface area contributed by atoms with Crippen molar-refractivity contribution in [3.63, 3.8) is 0 Å². The van der Waals surface area contributed by atoms with Crippen molar-refractivity contribution in [3.8, 4) is 11.6 Å². The molecule has 2 aromatic rings. The summed E-state index contributed by atoms with van der Waals surface area (Å²) in [6.45, 7) is 0. The monoisotopic (exact) mass is 234 g/mol. The Kier molecular flexibility index (Phi) is 2.95. The highest BCUT2D eigenvalue weighted by atomic mass is 19.1. The minimum Gasteiger partial charge on any atom is -0.439 e. The zero-order valence-electron chi connectivity index (χ0n) is 8.54. The fraction of sp³-hybridized carbons (Fsp3) is 0. The maximum atomic E-state index is 12.8. The lowest BCUT2D eigenvalue weighted by molar-refractivity contribution is -0.384. The summed E-state index contributed by atoms with van der Waals surface area (Å²) < 4.78 is 18.0. The minimum absolute atomic E-state index is 0.0375. The summed E-state index contributed by atoms with van der Waals surface area (Å²) >= 11 is 0. The van der Waals surface area contributed by atoms with Gasteiger partial charge in [-0.3, -0.25) is 10.1 Å². The maximum absolute atomic E-state index is 12.8. The van der Waals surface area contributed by atoms with E-state index in [9.17, 15) is 14.5 Å². The van der Waals surface area contributed by atoms with Gasteiger partial charge in [-0.25, -0.2) is 0 Å². The Bertz CT molecular complexity index is 543. The Hall–Kier alpha value is -2.50. The molecule has 0 radical (unpaired) electrons. The molecule has 86 valence electrons. The van der Waals surface area contributed by atoms with Crippen LogP contribution in [0.25, 0.3) is 0 Å². The third-order valence-electron chi connectivity index (χ3n) is 1.96. The van der Waals surface area contributed by atoms with Gasteiger partial charge >= 0.3 is 0 Å². The van der Waals surface area contributed by atoms with Crippen LogP contribution in [0.5, 0.6) is 11.6 Å². The fourth-order valence-electron chi connectivity index (χ4n) is 1.20. The number of hydrogen-bond donors (Lipinski definition) is 0. The largest absolute Gasteiger partial charge is 0.439 e. The molecular weight excluding hydrogens is 227 g/mol. The first-order valence-corrected chi connectivity index (χ1v) is 4.70. The van der Waals surface area contributed by atoms with Crippen molar-refractivity contribution < 1.29 is 14.1 Å². The lowest BCUT2D eigenvalue weighted by atomic mass is 10.3. The van der Waals surface area contributed by atoms with Crippen molar-refractivity contribution >= 4 is 5.69 Å². The van der Waals surface area contributed by atoms with Crippen LogP contribution in [0.15, 0.2) is 42.5 Å². The molecule has 0 fully saturated rings. The summed E-state index contributed by atoms with van der Waals surface area (Å²) in [6, 6.07) is 9.59. The number of nitro benzene ring substituents is 1. The van der Waals surface area contributed by atoms with Crippen molar-refractivity contribution in [3.05, 3.63) is 58.5 Å². The third kappa shape index (κ3) is 2.75. The summed E-state index contributed by atoms with van der Waals surface area (Å²) in [7, 11) is 0. The number of aromatic nitrogens is 1. The van der Waals surface area contributed by atoms with E-state index in [4.69, 9.17) is 4.74 Å². The van der Waals surface area contributed by atoms with Crippen molar-refractivity contribution in [2.45, 2.75) is 0 Å². The predicted molar refractivity (Wildman–Crippen MR) is 57.4 cm³/mol. The number of ether oxygens (including phenoxy) is 1. The second kappa shape index (κ2) is 4.56. The van der Waals surface area contributed by atoms with Crippen LogP contribution in [0.1, 0.15) is 0 Å². The molecule has 0 aliphatic rings. The molecule has 0 unspecified atom stereocenters. The van der Waals surface area contributed by atoms with Gasteiger partial charge in [-0.1, -0.05) is 6.07 Å². The highest BCUT2D eigenvalue weighted by molar-refractivity contribution is 5.37. The lowest BCUT2D eigenvalue weighted by Crippen LogP contribution is -1.91. The summed E-state index contributed by atoms with van der Waals surface area (Å²) in [5, 5.41) is 10.4. The molecule has 1 aromatic carbocycles. The molecule has 0 aliphatic carbocycles. The average molecular weight is 234 g/mol. The van der Waals surface area contributed by atoms with E-state index in [1.54, 1.807) is 0 Å². The number of halogens is 1. The second-order valence-electron chi connectivity index (χ2n) is 3.15. The van der Waals surface area contributed by atoms with Gasteiger partial charge in [0.25, 0.3) is 5.69 Å². The van der Waals surface area contributed by atoms with E-state index >= 15 is 0 Å². The molecule has 0 bridgehead atoms. The second-order valence-corrected chi connectivity index (χ2v) is 3.15. The highest BCUT2D eigenvalue weighted by Crippen LogP contribution is 2.22. The number of rotatable bonds is 3. The standard InChI is InChI=1S/C11H7FN2O3/c12-10-2-1-3-11(13-10)17-9-6-4-8(5-7-9)14(15)16/h1-7H. The Morgan fingerprint density at radius 1 is 1.18 bits per heavy atom. The number of nitro groups is 1. The topological polar surface area (TPSA) is 65.3 Å². The van der Waals surface area contributed by atoms with E-state index in [1.165, 1.54) is 42.5 Å². The Labute approximate surface area is 95.6 Å². The zero-order chi connectivity index (χ0) is 12.3. The molecule has 0 saturated heterocycles. The Balaban J connectivity index is 2.16. The minimum atomic E-state index is -0.649. The molecule has 0 saturated carbocycles. The van der Waals surface area contributed by atoms with Crippen molar-refractivity contribution in [2.75, 3.05) is 0 Å². The van der Waals surface area contributed by atoms with Gasteiger partial charge in [-0.05, 0) is 18.2 Å². The van der Waals surface area contributed by atoms with Crippen LogP contribution < -0.4 is 4.74 Å². The molecule has 0 atom stereocenters. The van der Waals surface area contributed by atoms with E-state index in [0.29, 0.717) is 5.75 Å². The average Bonchev–Trinajstić information content (AvgIpc) is 2.29. The van der Waals surface area contributed by atoms with E-state index in [2.05, 4.69) is 4.98 Å². The van der Waals surface area contributed by atoms with Gasteiger partial charge < -0.3 is 4.74 Å². The van der Waals surface area contributed by atoms with E-state index < -0.39 is 10.9 Å². The smallest absolute Gasteiger partial charge is 0.269 e. The van der Waals surface area contributed by atoms with Crippen LogP contribution in [-0.4, -0.2) is 9.91 Å². The van der Waals surface area contributed by atoms with Crippen LogP contribution >= 0.6 is 0 Å². The molecule has 0 aliphatic heterocycles. The number of non-ortho nitro benzene ring substituents is 1. The molecule has 2 rings (SSSR count). The highest BCUT2D eigenvalue weighted by Gasteiger charge is 2.05. The van der Waals surface area contributed by atoms with Gasteiger partial charge in [0.1, 0.15) is 5.75 Å². The van der Waals surface area contributed by atoms with E-state index in [0.717, 1.165) is 0 Å². The number of nitrogens with zero attached hydrogens (tertiary/aromatic N) is 2. The first kappa shape index (κ1) is 11.0. The normalized spacial score (nSPS) is 9.94. The fourth-order valence-corrected chi connectivity index (χ4v) is 1.20. The number of pyridine rings is 1. The molecule has 1 heterocycles. The molecule has 1 aromatic heterocycles. The zero-order valence-corrected chi connectivity index (χ0v) is 8.54. The molecule has 6 heteroatoms. The van der Waals surface area contributed by atoms with Crippen molar-refractivity contribution in [2.24, 2.45) is 0 Å². The maximum Gasteiger partial charge on any atom is 0.269 e. The van der Waals surface area contributed by atoms with Gasteiger partial charge in [0, 0.05) is 18.2 Å². The number of hydrogen-bond acceptors (Lipinski definition) is 4. The Morgan fingerprint density at radius 2 is 1.88 bits per heavy atom. The van der Waals surface area contributed by atoms with Crippen LogP contribution in [0, 0.1) is 16.1 Å². The molecule has 5 nitrogen and oxygen atoms in total.